The van der Waals surface area contributed by atoms with Gasteiger partial charge in [0.25, 0.3) is 0 Å². The molecule has 0 spiro atoms. The van der Waals surface area contributed by atoms with Crippen molar-refractivity contribution in [2.24, 2.45) is 0 Å². The van der Waals surface area contributed by atoms with Crippen LogP contribution in [0.15, 0.2) is 60.8 Å². The SMILES string of the molecule is [C-]#[N+]c1cccc(-c2cc3ccccc3cn2)c1. The minimum Gasteiger partial charge on any atom is -0.256 e. The summed E-state index contributed by atoms with van der Waals surface area (Å²) in [5, 5.41) is 2.29. The van der Waals surface area contributed by atoms with Crippen molar-refractivity contribution in [3.63, 3.8) is 0 Å². The highest BCUT2D eigenvalue weighted by atomic mass is 14.7. The maximum absolute atomic E-state index is 7.04. The van der Waals surface area contributed by atoms with Crippen molar-refractivity contribution in [3.05, 3.63) is 72.2 Å². The molecule has 0 aliphatic rings. The highest BCUT2D eigenvalue weighted by Gasteiger charge is 2.01. The fourth-order valence-corrected chi connectivity index (χ4v) is 1.98. The summed E-state index contributed by atoms with van der Waals surface area (Å²) in [7, 11) is 0. The lowest BCUT2D eigenvalue weighted by atomic mass is 10.1. The van der Waals surface area contributed by atoms with E-state index in [2.05, 4.69) is 22.0 Å². The Labute approximate surface area is 105 Å². The first-order chi connectivity index (χ1) is 8.86. The van der Waals surface area contributed by atoms with Gasteiger partial charge >= 0.3 is 0 Å². The van der Waals surface area contributed by atoms with Gasteiger partial charge in [0.2, 0.25) is 0 Å². The van der Waals surface area contributed by atoms with E-state index in [-0.39, 0.29) is 0 Å². The number of fused-ring (bicyclic) bond motifs is 1. The number of hydrogen-bond acceptors (Lipinski definition) is 1. The quantitative estimate of drug-likeness (QED) is 0.564. The average Bonchev–Trinajstić information content (AvgIpc) is 2.47. The van der Waals surface area contributed by atoms with Gasteiger partial charge in [-0.15, -0.1) is 0 Å². The van der Waals surface area contributed by atoms with Crippen LogP contribution in [0.5, 0.6) is 0 Å². The zero-order valence-electron chi connectivity index (χ0n) is 9.67. The minimum absolute atomic E-state index is 0.641. The summed E-state index contributed by atoms with van der Waals surface area (Å²) in [4.78, 5) is 7.89. The Bertz CT molecular complexity index is 754. The standard InChI is InChI=1S/C16H10N2/c1-17-15-8-4-7-13(9-15)16-10-12-5-2-3-6-14(12)11-18-16/h2-11H. The van der Waals surface area contributed by atoms with Crippen molar-refractivity contribution in [2.75, 3.05) is 0 Å². The molecule has 1 heterocycles. The normalized spacial score (nSPS) is 10.2. The zero-order valence-corrected chi connectivity index (χ0v) is 9.67. The van der Waals surface area contributed by atoms with Crippen LogP contribution in [0.25, 0.3) is 26.9 Å². The molecule has 18 heavy (non-hydrogen) atoms. The van der Waals surface area contributed by atoms with E-state index >= 15 is 0 Å². The van der Waals surface area contributed by atoms with E-state index in [1.54, 1.807) is 6.07 Å². The third-order valence-corrected chi connectivity index (χ3v) is 2.90. The predicted octanol–water partition coefficient (Wildman–Crippen LogP) is 4.45. The Morgan fingerprint density at radius 1 is 0.889 bits per heavy atom. The Balaban J connectivity index is 2.16. The second kappa shape index (κ2) is 4.31. The topological polar surface area (TPSA) is 17.2 Å². The molecule has 0 unspecified atom stereocenters. The lowest BCUT2D eigenvalue weighted by molar-refractivity contribution is 1.36. The smallest absolute Gasteiger partial charge is 0.187 e. The molecule has 0 bridgehead atoms. The van der Waals surface area contributed by atoms with E-state index in [1.807, 2.05) is 42.6 Å². The molecule has 1 aromatic heterocycles. The molecule has 0 saturated heterocycles. The van der Waals surface area contributed by atoms with Crippen LogP contribution in [-0.2, 0) is 0 Å². The van der Waals surface area contributed by atoms with Crippen LogP contribution in [0.1, 0.15) is 0 Å². The minimum atomic E-state index is 0.641. The maximum Gasteiger partial charge on any atom is 0.187 e. The van der Waals surface area contributed by atoms with Gasteiger partial charge < -0.3 is 0 Å². The average molecular weight is 230 g/mol. The molecule has 84 valence electrons. The molecule has 0 N–H and O–H groups in total. The molecule has 0 fully saturated rings. The van der Waals surface area contributed by atoms with E-state index in [1.165, 1.54) is 0 Å². The molecule has 0 aliphatic heterocycles. The molecular formula is C16H10N2. The molecule has 0 amide bonds. The molecule has 2 nitrogen and oxygen atoms in total. The summed E-state index contributed by atoms with van der Waals surface area (Å²) >= 11 is 0. The Kier molecular flexibility index (Phi) is 2.51. The Morgan fingerprint density at radius 3 is 2.56 bits per heavy atom. The third kappa shape index (κ3) is 1.83. The van der Waals surface area contributed by atoms with Gasteiger partial charge in [0.1, 0.15) is 0 Å². The van der Waals surface area contributed by atoms with Crippen LogP contribution in [0, 0.1) is 6.57 Å². The Hall–Kier alpha value is -2.66. The highest BCUT2D eigenvalue weighted by Crippen LogP contribution is 2.25. The van der Waals surface area contributed by atoms with Gasteiger partial charge in [-0.2, -0.15) is 0 Å². The van der Waals surface area contributed by atoms with Gasteiger partial charge in [-0.25, -0.2) is 4.85 Å². The highest BCUT2D eigenvalue weighted by molar-refractivity contribution is 5.85. The lowest BCUT2D eigenvalue weighted by Crippen LogP contribution is -1.83. The fourth-order valence-electron chi connectivity index (χ4n) is 1.98. The fraction of sp³-hybridized carbons (Fsp3) is 0. The molecule has 0 atom stereocenters. The predicted molar refractivity (Wildman–Crippen MR) is 73.4 cm³/mol. The van der Waals surface area contributed by atoms with Crippen LogP contribution in [0.3, 0.4) is 0 Å². The van der Waals surface area contributed by atoms with E-state index < -0.39 is 0 Å². The maximum atomic E-state index is 7.04. The first-order valence-corrected chi connectivity index (χ1v) is 5.69. The second-order valence-corrected chi connectivity index (χ2v) is 4.08. The van der Waals surface area contributed by atoms with Gasteiger partial charge in [0.15, 0.2) is 5.69 Å². The molecule has 0 radical (unpaired) electrons. The summed E-state index contributed by atoms with van der Waals surface area (Å²) in [5.74, 6) is 0. The van der Waals surface area contributed by atoms with Crippen LogP contribution >= 0.6 is 0 Å². The van der Waals surface area contributed by atoms with Crippen LogP contribution in [-0.4, -0.2) is 4.98 Å². The lowest BCUT2D eigenvalue weighted by Gasteiger charge is -2.03. The number of nitrogens with zero attached hydrogens (tertiary/aromatic N) is 2. The van der Waals surface area contributed by atoms with Crippen LogP contribution in [0.4, 0.5) is 5.69 Å². The number of benzene rings is 2. The van der Waals surface area contributed by atoms with E-state index in [0.29, 0.717) is 5.69 Å². The Morgan fingerprint density at radius 2 is 1.72 bits per heavy atom. The van der Waals surface area contributed by atoms with Gasteiger partial charge in [0, 0.05) is 11.6 Å². The van der Waals surface area contributed by atoms with Crippen molar-refractivity contribution < 1.29 is 0 Å². The number of rotatable bonds is 1. The number of pyridine rings is 1. The summed E-state index contributed by atoms with van der Waals surface area (Å²) in [6, 6.07) is 17.7. The largest absolute Gasteiger partial charge is 0.256 e. The van der Waals surface area contributed by atoms with E-state index in [9.17, 15) is 0 Å². The zero-order chi connectivity index (χ0) is 12.4. The van der Waals surface area contributed by atoms with Crippen LogP contribution in [0.2, 0.25) is 0 Å². The summed E-state index contributed by atoms with van der Waals surface area (Å²) in [6.45, 7) is 7.04. The van der Waals surface area contributed by atoms with Crippen molar-refractivity contribution in [3.8, 4) is 11.3 Å². The second-order valence-electron chi connectivity index (χ2n) is 4.08. The monoisotopic (exact) mass is 230 g/mol. The van der Waals surface area contributed by atoms with Crippen molar-refractivity contribution in [2.45, 2.75) is 0 Å². The number of hydrogen-bond donors (Lipinski definition) is 0. The van der Waals surface area contributed by atoms with Gasteiger partial charge in [-0.05, 0) is 23.1 Å². The van der Waals surface area contributed by atoms with Gasteiger partial charge in [-0.1, -0.05) is 42.5 Å². The summed E-state index contributed by atoms with van der Waals surface area (Å²) < 4.78 is 0. The van der Waals surface area contributed by atoms with Crippen molar-refractivity contribution in [1.29, 1.82) is 0 Å². The molecule has 0 aliphatic carbocycles. The molecule has 0 saturated carbocycles. The first-order valence-electron chi connectivity index (χ1n) is 5.69. The molecular weight excluding hydrogens is 220 g/mol. The molecule has 2 heteroatoms. The van der Waals surface area contributed by atoms with E-state index in [4.69, 9.17) is 6.57 Å². The van der Waals surface area contributed by atoms with Crippen LogP contribution < -0.4 is 0 Å². The third-order valence-electron chi connectivity index (χ3n) is 2.90. The first kappa shape index (κ1) is 10.5. The van der Waals surface area contributed by atoms with Gasteiger partial charge in [-0.3, -0.25) is 4.98 Å². The molecule has 3 aromatic rings. The molecule has 3 rings (SSSR count). The summed E-state index contributed by atoms with van der Waals surface area (Å²) in [5.41, 5.74) is 2.52. The van der Waals surface area contributed by atoms with Crippen molar-refractivity contribution in [1.82, 2.24) is 4.98 Å². The number of aromatic nitrogens is 1. The summed E-state index contributed by atoms with van der Waals surface area (Å²) in [6.07, 6.45) is 1.87. The van der Waals surface area contributed by atoms with E-state index in [0.717, 1.165) is 22.0 Å². The van der Waals surface area contributed by atoms with Gasteiger partial charge in [0.05, 0.1) is 12.3 Å². The van der Waals surface area contributed by atoms with Crippen molar-refractivity contribution >= 4 is 16.5 Å². The molecule has 2 aromatic carbocycles.